The van der Waals surface area contributed by atoms with E-state index in [0.717, 1.165) is 28.9 Å². The van der Waals surface area contributed by atoms with E-state index in [0.29, 0.717) is 0 Å². The number of ether oxygens (including phenoxy) is 1. The summed E-state index contributed by atoms with van der Waals surface area (Å²) in [5.74, 6) is 0.859. The Balaban J connectivity index is 1.93. The zero-order valence-corrected chi connectivity index (χ0v) is 15.0. The van der Waals surface area contributed by atoms with E-state index < -0.39 is 0 Å². The quantitative estimate of drug-likeness (QED) is 0.351. The van der Waals surface area contributed by atoms with E-state index in [1.54, 1.807) is 0 Å². The van der Waals surface area contributed by atoms with Gasteiger partial charge in [-0.25, -0.2) is 0 Å². The maximum absolute atomic E-state index is 5.78. The maximum atomic E-state index is 5.78. The minimum absolute atomic E-state index is 0.738. The summed E-state index contributed by atoms with van der Waals surface area (Å²) in [7, 11) is 0. The fourth-order valence-corrected chi connectivity index (χ4v) is 2.94. The number of benzene rings is 1. The molecular weight excluding hydrogens is 326 g/mol. The lowest BCUT2D eigenvalue weighted by molar-refractivity contribution is 0.304. The first kappa shape index (κ1) is 18.3. The molecule has 1 rings (SSSR count). The van der Waals surface area contributed by atoms with Gasteiger partial charge in [0, 0.05) is 16.2 Å². The van der Waals surface area contributed by atoms with Crippen molar-refractivity contribution in [1.82, 2.24) is 0 Å². The molecule has 1 aromatic carbocycles. The van der Waals surface area contributed by atoms with Gasteiger partial charge in [0.25, 0.3) is 0 Å². The van der Waals surface area contributed by atoms with E-state index in [2.05, 4.69) is 22.9 Å². The van der Waals surface area contributed by atoms with Crippen molar-refractivity contribution in [3.05, 3.63) is 22.7 Å². The van der Waals surface area contributed by atoms with Crippen LogP contribution in [0.5, 0.6) is 5.75 Å². The lowest BCUT2D eigenvalue weighted by atomic mass is 10.1. The van der Waals surface area contributed by atoms with Gasteiger partial charge >= 0.3 is 0 Å². The smallest absolute Gasteiger partial charge is 0.122 e. The number of halogens is 1. The van der Waals surface area contributed by atoms with E-state index in [9.17, 15) is 0 Å². The van der Waals surface area contributed by atoms with Crippen LogP contribution in [0, 0.1) is 0 Å². The third-order valence-corrected chi connectivity index (χ3v) is 4.12. The van der Waals surface area contributed by atoms with Crippen molar-refractivity contribution in [3.63, 3.8) is 0 Å². The molecule has 0 fully saturated rings. The molecule has 0 atom stereocenters. The third-order valence-electron chi connectivity index (χ3n) is 3.66. The van der Waals surface area contributed by atoms with Crippen LogP contribution in [0.1, 0.15) is 71.1 Å². The molecule has 2 nitrogen and oxygen atoms in total. The molecule has 0 saturated carbocycles. The summed E-state index contributed by atoms with van der Waals surface area (Å²) in [6.45, 7) is 3.05. The maximum Gasteiger partial charge on any atom is 0.122 e. The summed E-state index contributed by atoms with van der Waals surface area (Å²) in [5.41, 5.74) is 6.52. The topological polar surface area (TPSA) is 35.2 Å². The molecule has 120 valence electrons. The Kier molecular flexibility index (Phi) is 10.4. The van der Waals surface area contributed by atoms with Crippen LogP contribution in [0.3, 0.4) is 0 Å². The average molecular weight is 356 g/mol. The second-order valence-electron chi connectivity index (χ2n) is 5.75. The van der Waals surface area contributed by atoms with E-state index in [1.807, 2.05) is 18.2 Å². The predicted octanol–water partition coefficient (Wildman–Crippen LogP) is 6.33. The summed E-state index contributed by atoms with van der Waals surface area (Å²) >= 11 is 3.43. The largest absolute Gasteiger partial charge is 0.493 e. The molecule has 0 bridgehead atoms. The number of hydrogen-bond donors (Lipinski definition) is 1. The monoisotopic (exact) mass is 355 g/mol. The van der Waals surface area contributed by atoms with Crippen LogP contribution in [-0.2, 0) is 0 Å². The van der Waals surface area contributed by atoms with Crippen LogP contribution < -0.4 is 10.5 Å². The van der Waals surface area contributed by atoms with Gasteiger partial charge in [-0.1, -0.05) is 80.6 Å². The minimum atomic E-state index is 0.738. The first-order valence-electron chi connectivity index (χ1n) is 8.41. The highest BCUT2D eigenvalue weighted by atomic mass is 79.9. The molecule has 0 aliphatic heterocycles. The van der Waals surface area contributed by atoms with Gasteiger partial charge in [-0.05, 0) is 18.6 Å². The number of hydrogen-bond acceptors (Lipinski definition) is 2. The number of nitrogens with two attached hydrogens (primary N) is 1. The summed E-state index contributed by atoms with van der Waals surface area (Å²) in [6, 6.07) is 5.72. The van der Waals surface area contributed by atoms with E-state index in [4.69, 9.17) is 10.5 Å². The standard InChI is InChI=1S/C18H30BrNO/c1-2-3-4-5-6-7-8-9-10-11-12-21-18-14-16(19)13-17(20)15-18/h13-15H,2-12,20H2,1H3. The van der Waals surface area contributed by atoms with E-state index in [1.165, 1.54) is 57.8 Å². The minimum Gasteiger partial charge on any atom is -0.493 e. The fraction of sp³-hybridized carbons (Fsp3) is 0.667. The molecule has 0 spiro atoms. The van der Waals surface area contributed by atoms with E-state index in [-0.39, 0.29) is 0 Å². The van der Waals surface area contributed by atoms with Crippen LogP contribution in [0.4, 0.5) is 5.69 Å². The molecular formula is C18H30BrNO. The molecule has 21 heavy (non-hydrogen) atoms. The van der Waals surface area contributed by atoms with Gasteiger partial charge in [-0.2, -0.15) is 0 Å². The van der Waals surface area contributed by atoms with Crippen molar-refractivity contribution in [2.45, 2.75) is 71.1 Å². The Labute approximate surface area is 138 Å². The number of nitrogen functional groups attached to an aromatic ring is 1. The van der Waals surface area contributed by atoms with Gasteiger partial charge in [0.2, 0.25) is 0 Å². The van der Waals surface area contributed by atoms with Crippen molar-refractivity contribution in [1.29, 1.82) is 0 Å². The Hall–Kier alpha value is -0.700. The number of rotatable bonds is 12. The normalized spacial score (nSPS) is 10.8. The highest BCUT2D eigenvalue weighted by molar-refractivity contribution is 9.10. The first-order valence-corrected chi connectivity index (χ1v) is 9.20. The molecule has 0 unspecified atom stereocenters. The van der Waals surface area contributed by atoms with Gasteiger partial charge in [0.1, 0.15) is 5.75 Å². The zero-order valence-electron chi connectivity index (χ0n) is 13.4. The second-order valence-corrected chi connectivity index (χ2v) is 6.67. The number of unbranched alkanes of at least 4 members (excludes halogenated alkanes) is 9. The lowest BCUT2D eigenvalue weighted by Crippen LogP contribution is -1.98. The summed E-state index contributed by atoms with van der Waals surface area (Å²) in [6.07, 6.45) is 13.5. The van der Waals surface area contributed by atoms with Crippen molar-refractivity contribution >= 4 is 21.6 Å². The molecule has 3 heteroatoms. The molecule has 0 aromatic heterocycles. The lowest BCUT2D eigenvalue weighted by Gasteiger charge is -2.07. The van der Waals surface area contributed by atoms with Crippen LogP contribution in [0.25, 0.3) is 0 Å². The van der Waals surface area contributed by atoms with E-state index >= 15 is 0 Å². The third kappa shape index (κ3) is 9.78. The molecule has 0 heterocycles. The molecule has 0 aliphatic carbocycles. The van der Waals surface area contributed by atoms with Crippen LogP contribution >= 0.6 is 15.9 Å². The van der Waals surface area contributed by atoms with Crippen molar-refractivity contribution < 1.29 is 4.74 Å². The Bertz CT molecular complexity index is 361. The highest BCUT2D eigenvalue weighted by Crippen LogP contribution is 2.23. The second kappa shape index (κ2) is 11.9. The highest BCUT2D eigenvalue weighted by Gasteiger charge is 1.98. The van der Waals surface area contributed by atoms with Gasteiger partial charge in [0.15, 0.2) is 0 Å². The van der Waals surface area contributed by atoms with Crippen molar-refractivity contribution in [2.24, 2.45) is 0 Å². The molecule has 1 aromatic rings. The predicted molar refractivity (Wildman–Crippen MR) is 95.9 cm³/mol. The van der Waals surface area contributed by atoms with Crippen molar-refractivity contribution in [3.8, 4) is 5.75 Å². The van der Waals surface area contributed by atoms with Gasteiger partial charge in [0.05, 0.1) is 6.61 Å². The van der Waals surface area contributed by atoms with Crippen LogP contribution in [0.2, 0.25) is 0 Å². The van der Waals surface area contributed by atoms with Crippen LogP contribution in [-0.4, -0.2) is 6.61 Å². The summed E-state index contributed by atoms with van der Waals surface area (Å²) in [4.78, 5) is 0. The molecule has 2 N–H and O–H groups in total. The molecule has 0 saturated heterocycles. The number of anilines is 1. The van der Waals surface area contributed by atoms with Crippen molar-refractivity contribution in [2.75, 3.05) is 12.3 Å². The zero-order chi connectivity index (χ0) is 15.3. The van der Waals surface area contributed by atoms with Gasteiger partial charge in [-0.15, -0.1) is 0 Å². The first-order chi connectivity index (χ1) is 10.2. The summed E-state index contributed by atoms with van der Waals surface area (Å²) in [5, 5.41) is 0. The van der Waals surface area contributed by atoms with Gasteiger partial charge < -0.3 is 10.5 Å². The van der Waals surface area contributed by atoms with Crippen LogP contribution in [0.15, 0.2) is 22.7 Å². The fourth-order valence-electron chi connectivity index (χ4n) is 2.45. The SMILES string of the molecule is CCCCCCCCCCCCOc1cc(N)cc(Br)c1. The molecule has 0 aliphatic rings. The Morgan fingerprint density at radius 3 is 2.00 bits per heavy atom. The Morgan fingerprint density at radius 2 is 1.43 bits per heavy atom. The molecule has 0 amide bonds. The average Bonchev–Trinajstić information content (AvgIpc) is 2.44. The molecule has 0 radical (unpaired) electrons. The summed E-state index contributed by atoms with van der Waals surface area (Å²) < 4.78 is 6.70. The Morgan fingerprint density at radius 1 is 0.857 bits per heavy atom. The van der Waals surface area contributed by atoms with Gasteiger partial charge in [-0.3, -0.25) is 0 Å².